The van der Waals surface area contributed by atoms with E-state index in [1.54, 1.807) is 13.0 Å². The van der Waals surface area contributed by atoms with Crippen LogP contribution < -0.4 is 10.2 Å². The highest BCUT2D eigenvalue weighted by Crippen LogP contribution is 2.28. The van der Waals surface area contributed by atoms with Gasteiger partial charge in [-0.3, -0.25) is 14.4 Å². The molecule has 1 aromatic carbocycles. The average Bonchev–Trinajstić information content (AvgIpc) is 3.18. The summed E-state index contributed by atoms with van der Waals surface area (Å²) in [6, 6.07) is 5.46. The number of aromatic nitrogens is 2. The third kappa shape index (κ3) is 2.65. The van der Waals surface area contributed by atoms with Gasteiger partial charge in [0, 0.05) is 5.56 Å². The van der Waals surface area contributed by atoms with Crippen LogP contribution in [0.25, 0.3) is 0 Å². The van der Waals surface area contributed by atoms with E-state index in [2.05, 4.69) is 15.3 Å². The van der Waals surface area contributed by atoms with Crippen molar-refractivity contribution in [1.82, 2.24) is 9.97 Å². The lowest BCUT2D eigenvalue weighted by molar-refractivity contribution is 0.0921. The standard InChI is InChI=1S/C18H11FN4O4/c1-9-5-6-27-14(9)15(24)22-10-7-20-18(21-8-10)23-16(25)11-3-2-4-12(19)13(11)17(23)26/h2-8H,1H3,(H,22,24). The minimum atomic E-state index is -0.837. The minimum absolute atomic E-state index is 0.0470. The molecule has 3 amide bonds. The highest BCUT2D eigenvalue weighted by molar-refractivity contribution is 6.33. The molecule has 134 valence electrons. The van der Waals surface area contributed by atoms with Crippen molar-refractivity contribution in [3.05, 3.63) is 71.2 Å². The lowest BCUT2D eigenvalue weighted by Crippen LogP contribution is -2.31. The molecule has 0 spiro atoms. The summed E-state index contributed by atoms with van der Waals surface area (Å²) in [6.07, 6.45) is 3.86. The lowest BCUT2D eigenvalue weighted by atomic mass is 10.1. The summed E-state index contributed by atoms with van der Waals surface area (Å²) in [6.45, 7) is 1.72. The largest absolute Gasteiger partial charge is 0.459 e. The van der Waals surface area contributed by atoms with Gasteiger partial charge in [-0.15, -0.1) is 0 Å². The van der Waals surface area contributed by atoms with Crippen molar-refractivity contribution >= 4 is 29.4 Å². The number of carbonyl (C=O) groups excluding carboxylic acids is 3. The Morgan fingerprint density at radius 1 is 1.15 bits per heavy atom. The molecule has 1 aliphatic rings. The third-order valence-corrected chi connectivity index (χ3v) is 4.03. The Kier molecular flexibility index (Phi) is 3.76. The number of carbonyl (C=O) groups is 3. The number of halogens is 1. The van der Waals surface area contributed by atoms with E-state index in [1.165, 1.54) is 30.8 Å². The number of furan rings is 1. The SMILES string of the molecule is Cc1ccoc1C(=O)Nc1cnc(N2C(=O)c3cccc(F)c3C2=O)nc1. The van der Waals surface area contributed by atoms with E-state index < -0.39 is 23.5 Å². The van der Waals surface area contributed by atoms with Crippen LogP contribution in [0.2, 0.25) is 0 Å². The molecule has 0 saturated heterocycles. The topological polar surface area (TPSA) is 105 Å². The van der Waals surface area contributed by atoms with Crippen molar-refractivity contribution in [3.8, 4) is 0 Å². The zero-order valence-corrected chi connectivity index (χ0v) is 13.9. The molecule has 27 heavy (non-hydrogen) atoms. The Hall–Kier alpha value is -3.88. The molecule has 0 bridgehead atoms. The molecule has 0 fully saturated rings. The number of anilines is 2. The molecule has 0 aliphatic carbocycles. The van der Waals surface area contributed by atoms with Crippen LogP contribution in [-0.2, 0) is 0 Å². The molecule has 0 unspecified atom stereocenters. The number of benzene rings is 1. The van der Waals surface area contributed by atoms with Gasteiger partial charge in [0.15, 0.2) is 5.76 Å². The molecule has 2 aromatic heterocycles. The summed E-state index contributed by atoms with van der Waals surface area (Å²) >= 11 is 0. The highest BCUT2D eigenvalue weighted by atomic mass is 19.1. The van der Waals surface area contributed by atoms with Gasteiger partial charge in [-0.1, -0.05) is 6.07 Å². The molecular weight excluding hydrogens is 355 g/mol. The molecule has 9 heteroatoms. The van der Waals surface area contributed by atoms with Crippen LogP contribution in [0.4, 0.5) is 16.0 Å². The molecule has 1 aliphatic heterocycles. The van der Waals surface area contributed by atoms with Gasteiger partial charge in [-0.25, -0.2) is 19.3 Å². The second-order valence-electron chi connectivity index (χ2n) is 5.77. The van der Waals surface area contributed by atoms with E-state index in [-0.39, 0.29) is 28.5 Å². The smallest absolute Gasteiger partial charge is 0.291 e. The number of rotatable bonds is 3. The molecule has 4 rings (SSSR count). The average molecular weight is 366 g/mol. The van der Waals surface area contributed by atoms with Gasteiger partial charge in [-0.2, -0.15) is 0 Å². The summed E-state index contributed by atoms with van der Waals surface area (Å²) < 4.78 is 19.0. The minimum Gasteiger partial charge on any atom is -0.459 e. The first-order valence-corrected chi connectivity index (χ1v) is 7.82. The summed E-state index contributed by atoms with van der Waals surface area (Å²) in [5, 5.41) is 2.55. The molecule has 0 atom stereocenters. The number of nitrogens with one attached hydrogen (secondary N) is 1. The second kappa shape index (κ2) is 6.13. The first-order chi connectivity index (χ1) is 13.0. The molecular formula is C18H11FN4O4. The van der Waals surface area contributed by atoms with Crippen molar-refractivity contribution in [2.45, 2.75) is 6.92 Å². The normalized spacial score (nSPS) is 13.0. The fourth-order valence-corrected chi connectivity index (χ4v) is 2.72. The Morgan fingerprint density at radius 3 is 2.52 bits per heavy atom. The molecule has 0 radical (unpaired) electrons. The van der Waals surface area contributed by atoms with Crippen molar-refractivity contribution in [2.75, 3.05) is 10.2 Å². The van der Waals surface area contributed by atoms with Crippen LogP contribution in [0.3, 0.4) is 0 Å². The maximum absolute atomic E-state index is 13.9. The van der Waals surface area contributed by atoms with Crippen molar-refractivity contribution < 1.29 is 23.2 Å². The fourth-order valence-electron chi connectivity index (χ4n) is 2.72. The van der Waals surface area contributed by atoms with Crippen LogP contribution in [-0.4, -0.2) is 27.7 Å². The second-order valence-corrected chi connectivity index (χ2v) is 5.77. The van der Waals surface area contributed by atoms with Crippen LogP contribution >= 0.6 is 0 Å². The zero-order chi connectivity index (χ0) is 19.1. The van der Waals surface area contributed by atoms with Gasteiger partial charge >= 0.3 is 0 Å². The maximum atomic E-state index is 13.9. The summed E-state index contributed by atoms with van der Waals surface area (Å²) in [5.74, 6) is -2.89. The van der Waals surface area contributed by atoms with E-state index >= 15 is 0 Å². The zero-order valence-electron chi connectivity index (χ0n) is 13.9. The third-order valence-electron chi connectivity index (χ3n) is 4.03. The number of aryl methyl sites for hydroxylation is 1. The molecule has 3 heterocycles. The molecule has 3 aromatic rings. The highest BCUT2D eigenvalue weighted by Gasteiger charge is 2.40. The number of fused-ring (bicyclic) bond motifs is 1. The van der Waals surface area contributed by atoms with E-state index in [9.17, 15) is 18.8 Å². The van der Waals surface area contributed by atoms with Crippen LogP contribution in [0, 0.1) is 12.7 Å². The van der Waals surface area contributed by atoms with Crippen LogP contribution in [0.1, 0.15) is 36.8 Å². The van der Waals surface area contributed by atoms with E-state index in [1.807, 2.05) is 0 Å². The Bertz CT molecular complexity index is 1090. The van der Waals surface area contributed by atoms with Gasteiger partial charge in [0.05, 0.1) is 35.5 Å². The number of hydrogen-bond donors (Lipinski definition) is 1. The molecule has 0 saturated carbocycles. The van der Waals surface area contributed by atoms with Gasteiger partial charge in [-0.05, 0) is 25.1 Å². The van der Waals surface area contributed by atoms with Gasteiger partial charge in [0.25, 0.3) is 17.7 Å². The summed E-state index contributed by atoms with van der Waals surface area (Å²) in [7, 11) is 0. The Morgan fingerprint density at radius 2 is 1.89 bits per heavy atom. The van der Waals surface area contributed by atoms with Gasteiger partial charge in [0.2, 0.25) is 5.95 Å². The Labute approximate surface area is 151 Å². The first kappa shape index (κ1) is 16.6. The van der Waals surface area contributed by atoms with E-state index in [0.29, 0.717) is 10.5 Å². The molecule has 1 N–H and O–H groups in total. The van der Waals surface area contributed by atoms with Gasteiger partial charge < -0.3 is 9.73 Å². The van der Waals surface area contributed by atoms with Crippen molar-refractivity contribution in [1.29, 1.82) is 0 Å². The number of hydrogen-bond acceptors (Lipinski definition) is 6. The van der Waals surface area contributed by atoms with Crippen LogP contribution in [0.5, 0.6) is 0 Å². The van der Waals surface area contributed by atoms with Gasteiger partial charge in [0.1, 0.15) is 5.82 Å². The quantitative estimate of drug-likeness (QED) is 0.714. The number of imide groups is 1. The monoisotopic (exact) mass is 366 g/mol. The first-order valence-electron chi connectivity index (χ1n) is 7.82. The van der Waals surface area contributed by atoms with E-state index in [4.69, 9.17) is 4.42 Å². The molecule has 8 nitrogen and oxygen atoms in total. The predicted octanol–water partition coefficient (Wildman–Crippen LogP) is 2.57. The van der Waals surface area contributed by atoms with Crippen molar-refractivity contribution in [2.24, 2.45) is 0 Å². The number of nitrogens with zero attached hydrogens (tertiary/aromatic N) is 3. The fraction of sp³-hybridized carbons (Fsp3) is 0.0556. The van der Waals surface area contributed by atoms with Crippen LogP contribution in [0.15, 0.2) is 47.3 Å². The summed E-state index contributed by atoms with van der Waals surface area (Å²) in [4.78, 5) is 45.4. The predicted molar refractivity (Wildman–Crippen MR) is 91.0 cm³/mol. The van der Waals surface area contributed by atoms with E-state index in [0.717, 1.165) is 6.07 Å². The maximum Gasteiger partial charge on any atom is 0.291 e. The number of amides is 3. The lowest BCUT2D eigenvalue weighted by Gasteiger charge is -2.11. The summed E-state index contributed by atoms with van der Waals surface area (Å²) in [5.41, 5.74) is 0.548. The Balaban J connectivity index is 1.58. The van der Waals surface area contributed by atoms with Crippen molar-refractivity contribution in [3.63, 3.8) is 0 Å².